The standard InChI is InChI=1S/C12H14ClN3O2/c1-8-15-16-12(18-8)7-14-6-9-10(13)4-3-5-11(9)17-2/h3-5,14H,6-7H2,1-2H3. The van der Waals surface area contributed by atoms with Crippen molar-refractivity contribution in [2.24, 2.45) is 0 Å². The average molecular weight is 268 g/mol. The Kier molecular flexibility index (Phi) is 4.17. The molecular formula is C12H14ClN3O2. The second-order valence-corrected chi connectivity index (χ2v) is 4.15. The van der Waals surface area contributed by atoms with Crippen LogP contribution in [0.1, 0.15) is 17.3 Å². The summed E-state index contributed by atoms with van der Waals surface area (Å²) in [4.78, 5) is 0. The van der Waals surface area contributed by atoms with Crippen LogP contribution in [0.5, 0.6) is 5.75 Å². The summed E-state index contributed by atoms with van der Waals surface area (Å²) in [7, 11) is 1.62. The van der Waals surface area contributed by atoms with Crippen molar-refractivity contribution in [1.29, 1.82) is 0 Å². The first-order valence-electron chi connectivity index (χ1n) is 5.52. The van der Waals surface area contributed by atoms with Crippen molar-refractivity contribution in [2.75, 3.05) is 7.11 Å². The molecule has 0 unspecified atom stereocenters. The van der Waals surface area contributed by atoms with E-state index in [0.29, 0.717) is 29.9 Å². The minimum atomic E-state index is 0.495. The molecular weight excluding hydrogens is 254 g/mol. The molecule has 0 fully saturated rings. The number of halogens is 1. The Balaban J connectivity index is 1.98. The van der Waals surface area contributed by atoms with Crippen LogP contribution in [0.15, 0.2) is 22.6 Å². The fourth-order valence-corrected chi connectivity index (χ4v) is 1.84. The highest BCUT2D eigenvalue weighted by atomic mass is 35.5. The van der Waals surface area contributed by atoms with Crippen LogP contribution < -0.4 is 10.1 Å². The minimum absolute atomic E-state index is 0.495. The molecule has 0 amide bonds. The molecule has 0 bridgehead atoms. The van der Waals surface area contributed by atoms with Gasteiger partial charge in [-0.2, -0.15) is 0 Å². The largest absolute Gasteiger partial charge is 0.496 e. The van der Waals surface area contributed by atoms with Crippen LogP contribution in [0.2, 0.25) is 5.02 Å². The van der Waals surface area contributed by atoms with E-state index in [9.17, 15) is 0 Å². The van der Waals surface area contributed by atoms with E-state index < -0.39 is 0 Å². The van der Waals surface area contributed by atoms with E-state index >= 15 is 0 Å². The number of rotatable bonds is 5. The van der Waals surface area contributed by atoms with E-state index in [2.05, 4.69) is 15.5 Å². The monoisotopic (exact) mass is 267 g/mol. The molecule has 0 aliphatic heterocycles. The number of benzene rings is 1. The zero-order chi connectivity index (χ0) is 13.0. The lowest BCUT2D eigenvalue weighted by Crippen LogP contribution is -2.14. The van der Waals surface area contributed by atoms with Gasteiger partial charge in [-0.05, 0) is 12.1 Å². The van der Waals surface area contributed by atoms with Gasteiger partial charge in [0.2, 0.25) is 11.8 Å². The second-order valence-electron chi connectivity index (χ2n) is 3.74. The van der Waals surface area contributed by atoms with Crippen molar-refractivity contribution in [1.82, 2.24) is 15.5 Å². The summed E-state index contributed by atoms with van der Waals surface area (Å²) in [6, 6.07) is 5.56. The summed E-state index contributed by atoms with van der Waals surface area (Å²) in [6.45, 7) is 2.83. The van der Waals surface area contributed by atoms with E-state index in [0.717, 1.165) is 11.3 Å². The molecule has 0 saturated carbocycles. The molecule has 0 spiro atoms. The molecule has 1 aromatic heterocycles. The summed E-state index contributed by atoms with van der Waals surface area (Å²) in [5.74, 6) is 1.87. The van der Waals surface area contributed by atoms with Gasteiger partial charge in [0, 0.05) is 24.1 Å². The number of hydrogen-bond donors (Lipinski definition) is 1. The Labute approximate surface area is 110 Å². The van der Waals surface area contributed by atoms with Gasteiger partial charge in [-0.15, -0.1) is 10.2 Å². The first kappa shape index (κ1) is 12.9. The molecule has 0 saturated heterocycles. The lowest BCUT2D eigenvalue weighted by Gasteiger charge is -2.10. The quantitative estimate of drug-likeness (QED) is 0.901. The maximum Gasteiger partial charge on any atom is 0.230 e. The number of hydrogen-bond acceptors (Lipinski definition) is 5. The van der Waals surface area contributed by atoms with Crippen LogP contribution >= 0.6 is 11.6 Å². The third-order valence-electron chi connectivity index (χ3n) is 2.44. The van der Waals surface area contributed by atoms with Crippen molar-refractivity contribution in [3.8, 4) is 5.75 Å². The lowest BCUT2D eigenvalue weighted by atomic mass is 10.2. The third-order valence-corrected chi connectivity index (χ3v) is 2.80. The predicted molar refractivity (Wildman–Crippen MR) is 67.6 cm³/mol. The van der Waals surface area contributed by atoms with Gasteiger partial charge in [0.25, 0.3) is 0 Å². The van der Waals surface area contributed by atoms with Gasteiger partial charge in [-0.3, -0.25) is 0 Å². The first-order valence-corrected chi connectivity index (χ1v) is 5.89. The highest BCUT2D eigenvalue weighted by molar-refractivity contribution is 6.31. The SMILES string of the molecule is COc1cccc(Cl)c1CNCc1nnc(C)o1. The maximum absolute atomic E-state index is 6.12. The van der Waals surface area contributed by atoms with Gasteiger partial charge < -0.3 is 14.5 Å². The molecule has 0 radical (unpaired) electrons. The molecule has 0 aliphatic rings. The van der Waals surface area contributed by atoms with E-state index in [-0.39, 0.29) is 0 Å². The first-order chi connectivity index (χ1) is 8.70. The van der Waals surface area contributed by atoms with Gasteiger partial charge in [-0.25, -0.2) is 0 Å². The minimum Gasteiger partial charge on any atom is -0.496 e. The van der Waals surface area contributed by atoms with Crippen molar-refractivity contribution >= 4 is 11.6 Å². The molecule has 96 valence electrons. The van der Waals surface area contributed by atoms with Crippen LogP contribution in [-0.2, 0) is 13.1 Å². The molecule has 1 heterocycles. The zero-order valence-electron chi connectivity index (χ0n) is 10.2. The summed E-state index contributed by atoms with van der Waals surface area (Å²) in [5.41, 5.74) is 0.915. The van der Waals surface area contributed by atoms with Gasteiger partial charge in [-0.1, -0.05) is 17.7 Å². The molecule has 18 heavy (non-hydrogen) atoms. The second kappa shape index (κ2) is 5.84. The van der Waals surface area contributed by atoms with Crippen LogP contribution in [0.4, 0.5) is 0 Å². The number of nitrogens with zero attached hydrogens (tertiary/aromatic N) is 2. The number of aromatic nitrogens is 2. The molecule has 1 N–H and O–H groups in total. The van der Waals surface area contributed by atoms with Crippen LogP contribution in [0.25, 0.3) is 0 Å². The summed E-state index contributed by atoms with van der Waals surface area (Å²) >= 11 is 6.12. The molecule has 5 nitrogen and oxygen atoms in total. The zero-order valence-corrected chi connectivity index (χ0v) is 11.0. The highest BCUT2D eigenvalue weighted by Gasteiger charge is 2.08. The Bertz CT molecular complexity index is 528. The van der Waals surface area contributed by atoms with Crippen LogP contribution in [-0.4, -0.2) is 17.3 Å². The molecule has 2 rings (SSSR count). The fraction of sp³-hybridized carbons (Fsp3) is 0.333. The number of ether oxygens (including phenoxy) is 1. The fourth-order valence-electron chi connectivity index (χ4n) is 1.61. The van der Waals surface area contributed by atoms with Crippen molar-refractivity contribution in [2.45, 2.75) is 20.0 Å². The topological polar surface area (TPSA) is 60.2 Å². The number of nitrogens with one attached hydrogen (secondary N) is 1. The summed E-state index contributed by atoms with van der Waals surface area (Å²) in [5, 5.41) is 11.5. The Hall–Kier alpha value is -1.59. The van der Waals surface area contributed by atoms with E-state index in [1.165, 1.54) is 0 Å². The van der Waals surface area contributed by atoms with Gasteiger partial charge >= 0.3 is 0 Å². The Morgan fingerprint density at radius 2 is 2.17 bits per heavy atom. The highest BCUT2D eigenvalue weighted by Crippen LogP contribution is 2.25. The lowest BCUT2D eigenvalue weighted by molar-refractivity contribution is 0.405. The van der Waals surface area contributed by atoms with Gasteiger partial charge in [0.05, 0.1) is 13.7 Å². The molecule has 1 aromatic carbocycles. The van der Waals surface area contributed by atoms with Gasteiger partial charge in [0.15, 0.2) is 0 Å². The number of aryl methyl sites for hydroxylation is 1. The van der Waals surface area contributed by atoms with E-state index in [1.54, 1.807) is 14.0 Å². The third kappa shape index (κ3) is 3.00. The summed E-state index contributed by atoms with van der Waals surface area (Å²) < 4.78 is 10.5. The van der Waals surface area contributed by atoms with Gasteiger partial charge in [0.1, 0.15) is 5.75 Å². The average Bonchev–Trinajstić information content (AvgIpc) is 2.77. The molecule has 0 aliphatic carbocycles. The summed E-state index contributed by atoms with van der Waals surface area (Å²) in [6.07, 6.45) is 0. The maximum atomic E-state index is 6.12. The Morgan fingerprint density at radius 3 is 2.83 bits per heavy atom. The van der Waals surface area contributed by atoms with Crippen LogP contribution in [0.3, 0.4) is 0 Å². The molecule has 6 heteroatoms. The van der Waals surface area contributed by atoms with Crippen molar-refractivity contribution < 1.29 is 9.15 Å². The normalized spacial score (nSPS) is 10.6. The number of methoxy groups -OCH3 is 1. The molecule has 2 aromatic rings. The smallest absolute Gasteiger partial charge is 0.230 e. The Morgan fingerprint density at radius 1 is 1.33 bits per heavy atom. The van der Waals surface area contributed by atoms with E-state index in [1.807, 2.05) is 18.2 Å². The van der Waals surface area contributed by atoms with Crippen molar-refractivity contribution in [3.63, 3.8) is 0 Å². The van der Waals surface area contributed by atoms with Crippen LogP contribution in [0, 0.1) is 6.92 Å². The molecule has 0 atom stereocenters. The predicted octanol–water partition coefficient (Wildman–Crippen LogP) is 2.33. The van der Waals surface area contributed by atoms with Crippen molar-refractivity contribution in [3.05, 3.63) is 40.6 Å². The van der Waals surface area contributed by atoms with E-state index in [4.69, 9.17) is 20.8 Å².